The summed E-state index contributed by atoms with van der Waals surface area (Å²) in [5.74, 6) is 0. The van der Waals surface area contributed by atoms with Crippen molar-refractivity contribution in [1.82, 2.24) is 4.57 Å². The molecule has 0 saturated carbocycles. The standard InChI is InChI=1S/C26H19NS/c1-4-28-26-17-11-9-14-22(26)19(2)18-25-20(3)23-15-8-10-16-24(23)27(25)21-12-6-5-7-13-21/h1,5-6,8-12,14-18H,2-3H3/b19-18+. The number of aryl methyl sites for hydroxylation is 1. The number of thioether (sulfide) groups is 1. The third kappa shape index (κ3) is 3.20. The highest BCUT2D eigenvalue weighted by Crippen LogP contribution is 2.33. The zero-order chi connectivity index (χ0) is 19.5. The summed E-state index contributed by atoms with van der Waals surface area (Å²) >= 11 is 1.42. The van der Waals surface area contributed by atoms with Gasteiger partial charge in [-0.1, -0.05) is 48.5 Å². The van der Waals surface area contributed by atoms with Crippen molar-refractivity contribution in [1.29, 1.82) is 0 Å². The maximum absolute atomic E-state index is 5.54. The number of benzene rings is 2. The van der Waals surface area contributed by atoms with Crippen molar-refractivity contribution in [2.24, 2.45) is 0 Å². The van der Waals surface area contributed by atoms with E-state index in [1.165, 1.54) is 33.8 Å². The fourth-order valence-electron chi connectivity index (χ4n) is 3.56. The fourth-order valence-corrected chi connectivity index (χ4v) is 4.17. The highest BCUT2D eigenvalue weighted by atomic mass is 32.2. The number of aromatic nitrogens is 1. The Labute approximate surface area is 170 Å². The number of rotatable bonds is 4. The molecule has 0 unspecified atom stereocenters. The monoisotopic (exact) mass is 377 g/mol. The van der Waals surface area contributed by atoms with E-state index in [1.807, 2.05) is 18.2 Å². The van der Waals surface area contributed by atoms with Crippen molar-refractivity contribution in [3.05, 3.63) is 95.7 Å². The SMILES string of the molecule is C#CSc1ccccc1/C(C)=C/c1c(C)c2ccccc2n1-c1c#cccc1. The van der Waals surface area contributed by atoms with Crippen LogP contribution >= 0.6 is 11.8 Å². The van der Waals surface area contributed by atoms with Crippen molar-refractivity contribution in [2.75, 3.05) is 0 Å². The second-order valence-electron chi connectivity index (χ2n) is 6.59. The molecule has 0 fully saturated rings. The summed E-state index contributed by atoms with van der Waals surface area (Å²) in [4.78, 5) is 1.10. The zero-order valence-electron chi connectivity index (χ0n) is 15.9. The van der Waals surface area contributed by atoms with Crippen LogP contribution in [0.1, 0.15) is 23.7 Å². The van der Waals surface area contributed by atoms with Crippen molar-refractivity contribution in [3.8, 4) is 17.4 Å². The summed E-state index contributed by atoms with van der Waals surface area (Å²) in [5.41, 5.74) is 6.87. The first-order chi connectivity index (χ1) is 13.7. The smallest absolute Gasteiger partial charge is 0.0973 e. The molecule has 0 aliphatic rings. The lowest BCUT2D eigenvalue weighted by molar-refractivity contribution is 1.10. The van der Waals surface area contributed by atoms with Gasteiger partial charge in [-0.3, -0.25) is 0 Å². The highest BCUT2D eigenvalue weighted by Gasteiger charge is 2.14. The molecule has 0 spiro atoms. The van der Waals surface area contributed by atoms with Crippen molar-refractivity contribution >= 4 is 34.3 Å². The Bertz CT molecular complexity index is 1210. The molecule has 1 heterocycles. The van der Waals surface area contributed by atoms with Crippen LogP contribution in [0.5, 0.6) is 0 Å². The second kappa shape index (κ2) is 7.73. The van der Waals surface area contributed by atoms with Crippen LogP contribution in [0.4, 0.5) is 0 Å². The fraction of sp³-hybridized carbons (Fsp3) is 0.0769. The van der Waals surface area contributed by atoms with Gasteiger partial charge >= 0.3 is 0 Å². The summed E-state index contributed by atoms with van der Waals surface area (Å²) < 4.78 is 2.25. The van der Waals surface area contributed by atoms with E-state index in [2.05, 4.69) is 90.4 Å². The molecule has 0 aliphatic carbocycles. The van der Waals surface area contributed by atoms with Crippen LogP contribution in [0.2, 0.25) is 0 Å². The van der Waals surface area contributed by atoms with Crippen LogP contribution in [0.25, 0.3) is 28.2 Å². The highest BCUT2D eigenvalue weighted by molar-refractivity contribution is 8.04. The van der Waals surface area contributed by atoms with Gasteiger partial charge in [0.15, 0.2) is 0 Å². The summed E-state index contributed by atoms with van der Waals surface area (Å²) in [6, 6.07) is 29.0. The molecule has 0 amide bonds. The molecule has 0 radical (unpaired) electrons. The van der Waals surface area contributed by atoms with Crippen LogP contribution in [0.15, 0.2) is 71.6 Å². The molecule has 28 heavy (non-hydrogen) atoms. The molecule has 0 N–H and O–H groups in total. The maximum Gasteiger partial charge on any atom is 0.0973 e. The minimum Gasteiger partial charge on any atom is -0.302 e. The Balaban J connectivity index is 1.96. The van der Waals surface area contributed by atoms with Crippen LogP contribution in [0, 0.1) is 30.7 Å². The van der Waals surface area contributed by atoms with E-state index in [4.69, 9.17) is 6.42 Å². The number of fused-ring (bicyclic) bond motifs is 1. The Morgan fingerprint density at radius 3 is 2.64 bits per heavy atom. The summed E-state index contributed by atoms with van der Waals surface area (Å²) in [6.45, 7) is 4.31. The predicted molar refractivity (Wildman–Crippen MR) is 120 cm³/mol. The lowest BCUT2D eigenvalue weighted by atomic mass is 10.0. The predicted octanol–water partition coefficient (Wildman–Crippen LogP) is 6.78. The molecular weight excluding hydrogens is 358 g/mol. The Hall–Kier alpha value is -3.33. The average molecular weight is 378 g/mol. The van der Waals surface area contributed by atoms with E-state index in [9.17, 15) is 0 Å². The number of allylic oxidation sites excluding steroid dienone is 1. The molecule has 0 bridgehead atoms. The zero-order valence-corrected chi connectivity index (χ0v) is 16.7. The number of para-hydroxylation sites is 1. The van der Waals surface area contributed by atoms with E-state index in [1.54, 1.807) is 0 Å². The van der Waals surface area contributed by atoms with Gasteiger partial charge in [0.25, 0.3) is 0 Å². The van der Waals surface area contributed by atoms with E-state index in [0.29, 0.717) is 0 Å². The second-order valence-corrected chi connectivity index (χ2v) is 7.47. The molecule has 4 aromatic rings. The first kappa shape index (κ1) is 18.1. The van der Waals surface area contributed by atoms with Gasteiger partial charge in [-0.15, -0.1) is 6.42 Å². The van der Waals surface area contributed by atoms with Gasteiger partial charge in [0, 0.05) is 10.3 Å². The molecule has 0 atom stereocenters. The topological polar surface area (TPSA) is 4.93 Å². The largest absolute Gasteiger partial charge is 0.302 e. The normalized spacial score (nSPS) is 11.2. The number of terminal acetylenes is 1. The number of hydrogen-bond acceptors (Lipinski definition) is 1. The molecule has 1 aromatic heterocycles. The minimum absolute atomic E-state index is 0.983. The van der Waals surface area contributed by atoms with E-state index in [-0.39, 0.29) is 0 Å². The van der Waals surface area contributed by atoms with Gasteiger partial charge in [0.05, 0.1) is 16.9 Å². The van der Waals surface area contributed by atoms with Gasteiger partial charge in [-0.2, -0.15) is 0 Å². The van der Waals surface area contributed by atoms with Gasteiger partial charge in [-0.05, 0) is 84.0 Å². The lowest BCUT2D eigenvalue weighted by Crippen LogP contribution is -1.97. The molecule has 3 aromatic carbocycles. The lowest BCUT2D eigenvalue weighted by Gasteiger charge is -2.10. The number of nitrogens with zero attached hydrogens (tertiary/aromatic N) is 1. The van der Waals surface area contributed by atoms with Gasteiger partial charge < -0.3 is 4.57 Å². The third-order valence-corrected chi connectivity index (χ3v) is 5.58. The molecule has 0 saturated heterocycles. The molecule has 134 valence electrons. The molecule has 2 heteroatoms. The quantitative estimate of drug-likeness (QED) is 0.280. The van der Waals surface area contributed by atoms with Crippen molar-refractivity contribution in [2.45, 2.75) is 18.7 Å². The first-order valence-electron chi connectivity index (χ1n) is 9.09. The molecule has 0 aliphatic heterocycles. The van der Waals surface area contributed by atoms with Gasteiger partial charge in [-0.25, -0.2) is 0 Å². The van der Waals surface area contributed by atoms with E-state index >= 15 is 0 Å². The van der Waals surface area contributed by atoms with Crippen molar-refractivity contribution < 1.29 is 0 Å². The van der Waals surface area contributed by atoms with Gasteiger partial charge in [0.1, 0.15) is 0 Å². The summed E-state index contributed by atoms with van der Waals surface area (Å²) in [5, 5.41) is 3.93. The third-order valence-electron chi connectivity index (χ3n) is 4.88. The first-order valence-corrected chi connectivity index (χ1v) is 9.91. The summed E-state index contributed by atoms with van der Waals surface area (Å²) in [6.07, 6.45) is 7.78. The average Bonchev–Trinajstić information content (AvgIpc) is 3.01. The van der Waals surface area contributed by atoms with Crippen LogP contribution in [-0.4, -0.2) is 4.57 Å². The molecule has 1 nitrogen and oxygen atoms in total. The Morgan fingerprint density at radius 2 is 1.86 bits per heavy atom. The van der Waals surface area contributed by atoms with E-state index < -0.39 is 0 Å². The maximum atomic E-state index is 5.54. The minimum atomic E-state index is 0.983. The molecular formula is C26H19NS. The Kier molecular flexibility index (Phi) is 4.98. The van der Waals surface area contributed by atoms with Crippen LogP contribution in [-0.2, 0) is 0 Å². The van der Waals surface area contributed by atoms with Gasteiger partial charge in [0.2, 0.25) is 0 Å². The van der Waals surface area contributed by atoms with Crippen LogP contribution in [0.3, 0.4) is 0 Å². The Morgan fingerprint density at radius 1 is 1.07 bits per heavy atom. The number of hydrogen-bond donors (Lipinski definition) is 0. The van der Waals surface area contributed by atoms with Crippen LogP contribution < -0.4 is 0 Å². The summed E-state index contributed by atoms with van der Waals surface area (Å²) in [7, 11) is 0. The van der Waals surface area contributed by atoms with E-state index in [0.717, 1.165) is 21.8 Å². The molecule has 4 rings (SSSR count). The van der Waals surface area contributed by atoms with Crippen molar-refractivity contribution in [3.63, 3.8) is 0 Å².